The van der Waals surface area contributed by atoms with Crippen LogP contribution in [0.1, 0.15) is 25.0 Å². The fraction of sp³-hybridized carbons (Fsp3) is 0.455. The van der Waals surface area contributed by atoms with Crippen LogP contribution in [0.2, 0.25) is 0 Å². The monoisotopic (exact) mass is 238 g/mol. The molecule has 0 atom stereocenters. The van der Waals surface area contributed by atoms with E-state index in [0.717, 1.165) is 18.6 Å². The Morgan fingerprint density at radius 1 is 1.62 bits per heavy atom. The number of hydrogen-bond donors (Lipinski definition) is 1. The van der Waals surface area contributed by atoms with Crippen LogP contribution in [0.5, 0.6) is 0 Å². The van der Waals surface area contributed by atoms with Gasteiger partial charge in [0.25, 0.3) is 0 Å². The van der Waals surface area contributed by atoms with E-state index >= 15 is 0 Å². The molecule has 5 heteroatoms. The van der Waals surface area contributed by atoms with Crippen molar-refractivity contribution in [2.24, 2.45) is 5.73 Å². The summed E-state index contributed by atoms with van der Waals surface area (Å²) < 4.78 is 5.24. The second-order valence-electron chi connectivity index (χ2n) is 3.98. The summed E-state index contributed by atoms with van der Waals surface area (Å²) in [5.41, 5.74) is 5.39. The van der Waals surface area contributed by atoms with Gasteiger partial charge in [-0.2, -0.15) is 0 Å². The predicted octanol–water partition coefficient (Wildman–Crippen LogP) is 1.45. The van der Waals surface area contributed by atoms with Crippen LogP contribution in [0.25, 0.3) is 0 Å². The van der Waals surface area contributed by atoms with Crippen LogP contribution in [0, 0.1) is 0 Å². The molecular formula is C11H14N2O2S. The number of hydrogen-bond acceptors (Lipinski definition) is 3. The van der Waals surface area contributed by atoms with E-state index in [-0.39, 0.29) is 17.3 Å². The summed E-state index contributed by atoms with van der Waals surface area (Å²) in [6.45, 7) is 0.513. The highest BCUT2D eigenvalue weighted by Crippen LogP contribution is 2.29. The zero-order chi connectivity index (χ0) is 11.5. The number of carbonyl (C=O) groups is 1. The Labute approximate surface area is 99.4 Å². The molecule has 1 saturated carbocycles. The topological polar surface area (TPSA) is 59.5 Å². The van der Waals surface area contributed by atoms with Crippen LogP contribution in [-0.2, 0) is 11.3 Å². The summed E-state index contributed by atoms with van der Waals surface area (Å²) in [6.07, 6.45) is 3.87. The molecule has 1 aliphatic carbocycles. The summed E-state index contributed by atoms with van der Waals surface area (Å²) >= 11 is 4.75. The highest BCUT2D eigenvalue weighted by atomic mass is 32.1. The molecule has 0 bridgehead atoms. The van der Waals surface area contributed by atoms with E-state index in [9.17, 15) is 4.79 Å². The van der Waals surface area contributed by atoms with E-state index in [0.29, 0.717) is 12.6 Å². The van der Waals surface area contributed by atoms with Gasteiger partial charge in [0.15, 0.2) is 0 Å². The van der Waals surface area contributed by atoms with Gasteiger partial charge in [-0.3, -0.25) is 4.79 Å². The van der Waals surface area contributed by atoms with Gasteiger partial charge in [-0.15, -0.1) is 0 Å². The van der Waals surface area contributed by atoms with Crippen molar-refractivity contribution in [1.82, 2.24) is 4.90 Å². The minimum Gasteiger partial charge on any atom is -0.467 e. The average Bonchev–Trinajstić information content (AvgIpc) is 2.91. The van der Waals surface area contributed by atoms with Gasteiger partial charge in [-0.25, -0.2) is 0 Å². The number of amides is 1. The van der Waals surface area contributed by atoms with Crippen LogP contribution in [0.4, 0.5) is 0 Å². The molecule has 0 unspecified atom stereocenters. The standard InChI is InChI=1S/C11H14N2O2S/c12-10(16)6-11(14)13(8-3-4-8)7-9-2-1-5-15-9/h1-2,5,8H,3-4,6-7H2,(H2,12,16). The van der Waals surface area contributed by atoms with Gasteiger partial charge < -0.3 is 15.1 Å². The van der Waals surface area contributed by atoms with Gasteiger partial charge in [-0.05, 0) is 25.0 Å². The number of nitrogens with zero attached hydrogens (tertiary/aromatic N) is 1. The smallest absolute Gasteiger partial charge is 0.230 e. The Balaban J connectivity index is 1.99. The number of carbonyl (C=O) groups excluding carboxylic acids is 1. The maximum atomic E-state index is 11.9. The molecule has 16 heavy (non-hydrogen) atoms. The molecule has 2 rings (SSSR count). The number of thiocarbonyl (C=S) groups is 1. The van der Waals surface area contributed by atoms with E-state index in [2.05, 4.69) is 0 Å². The van der Waals surface area contributed by atoms with E-state index in [1.54, 1.807) is 11.2 Å². The second-order valence-corrected chi connectivity index (χ2v) is 4.50. The lowest BCUT2D eigenvalue weighted by Gasteiger charge is -2.20. The first-order valence-corrected chi connectivity index (χ1v) is 5.68. The van der Waals surface area contributed by atoms with Gasteiger partial charge >= 0.3 is 0 Å². The molecule has 0 radical (unpaired) electrons. The third-order valence-electron chi connectivity index (χ3n) is 2.54. The summed E-state index contributed by atoms with van der Waals surface area (Å²) in [4.78, 5) is 13.9. The molecule has 0 spiro atoms. The Kier molecular flexibility index (Phi) is 3.24. The molecule has 0 aromatic carbocycles. The zero-order valence-electron chi connectivity index (χ0n) is 8.89. The Morgan fingerprint density at radius 3 is 2.88 bits per heavy atom. The summed E-state index contributed by atoms with van der Waals surface area (Å²) in [7, 11) is 0. The fourth-order valence-electron chi connectivity index (χ4n) is 1.63. The molecule has 86 valence electrons. The van der Waals surface area contributed by atoms with Gasteiger partial charge in [0.05, 0.1) is 24.2 Å². The molecule has 0 aliphatic heterocycles. The van der Waals surface area contributed by atoms with Gasteiger partial charge in [0.1, 0.15) is 5.76 Å². The fourth-order valence-corrected chi connectivity index (χ4v) is 1.75. The van der Waals surface area contributed by atoms with Gasteiger partial charge in [-0.1, -0.05) is 12.2 Å². The van der Waals surface area contributed by atoms with E-state index in [1.165, 1.54) is 0 Å². The molecule has 1 heterocycles. The van der Waals surface area contributed by atoms with E-state index < -0.39 is 0 Å². The second kappa shape index (κ2) is 4.65. The number of furan rings is 1. The molecular weight excluding hydrogens is 224 g/mol. The molecule has 1 aromatic rings. The van der Waals surface area contributed by atoms with Crippen LogP contribution in [0.3, 0.4) is 0 Å². The molecule has 1 fully saturated rings. The van der Waals surface area contributed by atoms with Crippen molar-refractivity contribution < 1.29 is 9.21 Å². The number of nitrogens with two attached hydrogens (primary N) is 1. The van der Waals surface area contributed by atoms with Crippen LogP contribution in [0.15, 0.2) is 22.8 Å². The lowest BCUT2D eigenvalue weighted by atomic mass is 10.3. The third kappa shape index (κ3) is 2.82. The lowest BCUT2D eigenvalue weighted by molar-refractivity contribution is -0.131. The Morgan fingerprint density at radius 2 is 2.38 bits per heavy atom. The molecule has 2 N–H and O–H groups in total. The minimum atomic E-state index is -0.00796. The van der Waals surface area contributed by atoms with Crippen molar-refractivity contribution in [3.05, 3.63) is 24.2 Å². The maximum absolute atomic E-state index is 11.9. The molecule has 0 saturated heterocycles. The quantitative estimate of drug-likeness (QED) is 0.789. The first kappa shape index (κ1) is 11.1. The largest absolute Gasteiger partial charge is 0.467 e. The molecule has 1 aromatic heterocycles. The normalized spacial score (nSPS) is 14.8. The van der Waals surface area contributed by atoms with Gasteiger partial charge in [0, 0.05) is 6.04 Å². The highest BCUT2D eigenvalue weighted by Gasteiger charge is 2.32. The van der Waals surface area contributed by atoms with E-state index in [4.69, 9.17) is 22.4 Å². The number of rotatable bonds is 5. The minimum absolute atomic E-state index is 0.00796. The van der Waals surface area contributed by atoms with Crippen LogP contribution >= 0.6 is 12.2 Å². The summed E-state index contributed by atoms with van der Waals surface area (Å²) in [5.74, 6) is 0.787. The summed E-state index contributed by atoms with van der Waals surface area (Å²) in [6, 6.07) is 4.02. The third-order valence-corrected chi connectivity index (χ3v) is 2.68. The highest BCUT2D eigenvalue weighted by molar-refractivity contribution is 7.80. The first-order valence-electron chi connectivity index (χ1n) is 5.27. The average molecular weight is 238 g/mol. The van der Waals surface area contributed by atoms with E-state index in [1.807, 2.05) is 12.1 Å². The van der Waals surface area contributed by atoms with Crippen molar-refractivity contribution in [3.63, 3.8) is 0 Å². The Hall–Kier alpha value is -1.36. The summed E-state index contributed by atoms with van der Waals surface area (Å²) in [5, 5.41) is 0. The zero-order valence-corrected chi connectivity index (χ0v) is 9.70. The SMILES string of the molecule is NC(=S)CC(=O)N(Cc1ccco1)C1CC1. The molecule has 4 nitrogen and oxygen atoms in total. The Bertz CT molecular complexity index is 385. The van der Waals surface area contributed by atoms with Crippen LogP contribution in [-0.4, -0.2) is 21.8 Å². The molecule has 1 amide bonds. The van der Waals surface area contributed by atoms with Crippen molar-refractivity contribution in [2.45, 2.75) is 31.8 Å². The first-order chi connectivity index (χ1) is 7.66. The van der Waals surface area contributed by atoms with Crippen LogP contribution < -0.4 is 5.73 Å². The molecule has 1 aliphatic rings. The predicted molar refractivity (Wildman–Crippen MR) is 63.7 cm³/mol. The van der Waals surface area contributed by atoms with Crippen molar-refractivity contribution in [2.75, 3.05) is 0 Å². The van der Waals surface area contributed by atoms with Gasteiger partial charge in [0.2, 0.25) is 5.91 Å². The lowest BCUT2D eigenvalue weighted by Crippen LogP contribution is -2.34. The van der Waals surface area contributed by atoms with Crippen molar-refractivity contribution in [1.29, 1.82) is 0 Å². The van der Waals surface area contributed by atoms with Crippen molar-refractivity contribution in [3.8, 4) is 0 Å². The van der Waals surface area contributed by atoms with Crippen molar-refractivity contribution >= 4 is 23.1 Å². The maximum Gasteiger partial charge on any atom is 0.230 e.